The highest BCUT2D eigenvalue weighted by Crippen LogP contribution is 2.28. The van der Waals surface area contributed by atoms with Crippen LogP contribution in [0.15, 0.2) is 36.4 Å². The van der Waals surface area contributed by atoms with Gasteiger partial charge in [-0.3, -0.25) is 0 Å². The SMILES string of the molecule is CCc1cc(Oc2ccc(CCN)cc2F)ccc1Cl. The Morgan fingerprint density at radius 1 is 1.20 bits per heavy atom. The van der Waals surface area contributed by atoms with Crippen LogP contribution in [-0.4, -0.2) is 6.54 Å². The second kappa shape index (κ2) is 6.73. The fraction of sp³-hybridized carbons (Fsp3) is 0.250. The molecule has 0 bridgehead atoms. The summed E-state index contributed by atoms with van der Waals surface area (Å²) in [7, 11) is 0. The van der Waals surface area contributed by atoms with Crippen LogP contribution >= 0.6 is 11.6 Å². The summed E-state index contributed by atoms with van der Waals surface area (Å²) < 4.78 is 19.5. The molecule has 0 aliphatic carbocycles. The fourth-order valence-corrected chi connectivity index (χ4v) is 2.21. The first-order valence-electron chi connectivity index (χ1n) is 6.58. The Labute approximate surface area is 123 Å². The summed E-state index contributed by atoms with van der Waals surface area (Å²) in [6.07, 6.45) is 1.45. The van der Waals surface area contributed by atoms with Gasteiger partial charge >= 0.3 is 0 Å². The minimum absolute atomic E-state index is 0.204. The maximum Gasteiger partial charge on any atom is 0.165 e. The minimum atomic E-state index is -0.385. The number of nitrogens with two attached hydrogens (primary N) is 1. The van der Waals surface area contributed by atoms with Crippen molar-refractivity contribution < 1.29 is 9.13 Å². The summed E-state index contributed by atoms with van der Waals surface area (Å²) in [4.78, 5) is 0. The van der Waals surface area contributed by atoms with Crippen LogP contribution in [0, 0.1) is 5.82 Å². The van der Waals surface area contributed by atoms with Crippen molar-refractivity contribution in [2.75, 3.05) is 6.54 Å². The standard InChI is InChI=1S/C16H17ClFNO/c1-2-12-10-13(4-5-14(12)17)20-16-6-3-11(7-8-19)9-15(16)18/h3-6,9-10H,2,7-8,19H2,1H3. The van der Waals surface area contributed by atoms with E-state index in [0.717, 1.165) is 17.5 Å². The molecule has 2 rings (SSSR count). The lowest BCUT2D eigenvalue weighted by Gasteiger charge is -2.10. The molecule has 0 amide bonds. The smallest absolute Gasteiger partial charge is 0.165 e. The van der Waals surface area contributed by atoms with Gasteiger partial charge in [0.05, 0.1) is 0 Å². The average molecular weight is 294 g/mol. The van der Waals surface area contributed by atoms with E-state index in [0.29, 0.717) is 23.7 Å². The number of rotatable bonds is 5. The molecule has 2 N–H and O–H groups in total. The summed E-state index contributed by atoms with van der Waals surface area (Å²) in [5, 5.41) is 0.693. The van der Waals surface area contributed by atoms with Crippen LogP contribution in [0.4, 0.5) is 4.39 Å². The molecular weight excluding hydrogens is 277 g/mol. The molecule has 0 aliphatic heterocycles. The molecular formula is C16H17ClFNO. The Bertz CT molecular complexity index is 601. The molecule has 2 aromatic rings. The first-order valence-corrected chi connectivity index (χ1v) is 6.96. The van der Waals surface area contributed by atoms with Crippen molar-refractivity contribution in [3.63, 3.8) is 0 Å². The summed E-state index contributed by atoms with van der Waals surface area (Å²) in [6, 6.07) is 10.2. The van der Waals surface area contributed by atoms with E-state index in [1.165, 1.54) is 6.07 Å². The van der Waals surface area contributed by atoms with Crippen molar-refractivity contribution in [3.05, 3.63) is 58.4 Å². The number of halogens is 2. The van der Waals surface area contributed by atoms with E-state index in [4.69, 9.17) is 22.1 Å². The fourth-order valence-electron chi connectivity index (χ4n) is 1.96. The van der Waals surface area contributed by atoms with E-state index in [1.54, 1.807) is 18.2 Å². The predicted molar refractivity (Wildman–Crippen MR) is 80.1 cm³/mol. The van der Waals surface area contributed by atoms with E-state index in [2.05, 4.69) is 0 Å². The normalized spacial score (nSPS) is 10.6. The molecule has 0 saturated carbocycles. The molecule has 0 unspecified atom stereocenters. The highest BCUT2D eigenvalue weighted by molar-refractivity contribution is 6.31. The molecule has 20 heavy (non-hydrogen) atoms. The zero-order valence-corrected chi connectivity index (χ0v) is 12.1. The average Bonchev–Trinajstić information content (AvgIpc) is 2.44. The van der Waals surface area contributed by atoms with E-state index < -0.39 is 0 Å². The van der Waals surface area contributed by atoms with Gasteiger partial charge in [-0.25, -0.2) is 4.39 Å². The van der Waals surface area contributed by atoms with Gasteiger partial charge in [-0.05, 0) is 60.8 Å². The Morgan fingerprint density at radius 3 is 2.65 bits per heavy atom. The molecule has 0 saturated heterocycles. The molecule has 0 spiro atoms. The highest BCUT2D eigenvalue weighted by Gasteiger charge is 2.07. The topological polar surface area (TPSA) is 35.2 Å². The zero-order chi connectivity index (χ0) is 14.5. The largest absolute Gasteiger partial charge is 0.454 e. The van der Waals surface area contributed by atoms with Crippen molar-refractivity contribution in [2.24, 2.45) is 5.73 Å². The van der Waals surface area contributed by atoms with Gasteiger partial charge in [0.25, 0.3) is 0 Å². The van der Waals surface area contributed by atoms with Crippen LogP contribution in [0.25, 0.3) is 0 Å². The van der Waals surface area contributed by atoms with E-state index >= 15 is 0 Å². The van der Waals surface area contributed by atoms with E-state index in [9.17, 15) is 4.39 Å². The maximum atomic E-state index is 13.9. The Kier molecular flexibility index (Phi) is 4.99. The van der Waals surface area contributed by atoms with Crippen molar-refractivity contribution in [1.29, 1.82) is 0 Å². The first kappa shape index (κ1) is 14.8. The van der Waals surface area contributed by atoms with Gasteiger partial charge < -0.3 is 10.5 Å². The molecule has 0 radical (unpaired) electrons. The molecule has 2 aromatic carbocycles. The first-order chi connectivity index (χ1) is 9.63. The molecule has 0 fully saturated rings. The molecule has 0 aromatic heterocycles. The van der Waals surface area contributed by atoms with Crippen LogP contribution in [-0.2, 0) is 12.8 Å². The summed E-state index contributed by atoms with van der Waals surface area (Å²) in [5.41, 5.74) is 7.29. The van der Waals surface area contributed by atoms with Gasteiger partial charge in [0.2, 0.25) is 0 Å². The van der Waals surface area contributed by atoms with E-state index in [-0.39, 0.29) is 11.6 Å². The van der Waals surface area contributed by atoms with Crippen LogP contribution < -0.4 is 10.5 Å². The number of hydrogen-bond acceptors (Lipinski definition) is 2. The quantitative estimate of drug-likeness (QED) is 0.890. The number of ether oxygens (including phenoxy) is 1. The Morgan fingerprint density at radius 2 is 2.00 bits per heavy atom. The monoisotopic (exact) mass is 293 g/mol. The summed E-state index contributed by atoms with van der Waals surface area (Å²) in [5.74, 6) is 0.399. The molecule has 0 heterocycles. The zero-order valence-electron chi connectivity index (χ0n) is 11.3. The third-order valence-electron chi connectivity index (χ3n) is 3.06. The number of hydrogen-bond donors (Lipinski definition) is 1. The lowest BCUT2D eigenvalue weighted by Crippen LogP contribution is -2.03. The van der Waals surface area contributed by atoms with Crippen LogP contribution in [0.1, 0.15) is 18.1 Å². The van der Waals surface area contributed by atoms with Crippen LogP contribution in [0.5, 0.6) is 11.5 Å². The van der Waals surface area contributed by atoms with Crippen molar-refractivity contribution in [3.8, 4) is 11.5 Å². The highest BCUT2D eigenvalue weighted by atomic mass is 35.5. The van der Waals surface area contributed by atoms with Gasteiger partial charge in [-0.15, -0.1) is 0 Å². The lowest BCUT2D eigenvalue weighted by atomic mass is 10.1. The molecule has 2 nitrogen and oxygen atoms in total. The predicted octanol–water partition coefficient (Wildman–Crippen LogP) is 4.34. The van der Waals surface area contributed by atoms with Crippen molar-refractivity contribution in [2.45, 2.75) is 19.8 Å². The van der Waals surface area contributed by atoms with Gasteiger partial charge in [0.1, 0.15) is 5.75 Å². The third-order valence-corrected chi connectivity index (χ3v) is 3.42. The number of benzene rings is 2. The minimum Gasteiger partial charge on any atom is -0.454 e. The lowest BCUT2D eigenvalue weighted by molar-refractivity contribution is 0.441. The second-order valence-corrected chi connectivity index (χ2v) is 4.92. The van der Waals surface area contributed by atoms with Crippen molar-refractivity contribution >= 4 is 11.6 Å². The van der Waals surface area contributed by atoms with Gasteiger partial charge in [-0.2, -0.15) is 0 Å². The van der Waals surface area contributed by atoms with Gasteiger partial charge in [0, 0.05) is 5.02 Å². The number of aryl methyl sites for hydroxylation is 1. The van der Waals surface area contributed by atoms with Crippen molar-refractivity contribution in [1.82, 2.24) is 0 Å². The summed E-state index contributed by atoms with van der Waals surface area (Å²) in [6.45, 7) is 2.50. The molecule has 106 valence electrons. The van der Waals surface area contributed by atoms with Gasteiger partial charge in [-0.1, -0.05) is 24.6 Å². The third kappa shape index (κ3) is 3.50. The Hall–Kier alpha value is -1.58. The second-order valence-electron chi connectivity index (χ2n) is 4.51. The van der Waals surface area contributed by atoms with Crippen LogP contribution in [0.3, 0.4) is 0 Å². The molecule has 4 heteroatoms. The van der Waals surface area contributed by atoms with Crippen LogP contribution in [0.2, 0.25) is 5.02 Å². The molecule has 0 aliphatic rings. The summed E-state index contributed by atoms with van der Waals surface area (Å²) >= 11 is 6.04. The maximum absolute atomic E-state index is 13.9. The Balaban J connectivity index is 2.21. The van der Waals surface area contributed by atoms with E-state index in [1.807, 2.05) is 19.1 Å². The van der Waals surface area contributed by atoms with Gasteiger partial charge in [0.15, 0.2) is 11.6 Å². The molecule has 0 atom stereocenters.